The first kappa shape index (κ1) is 17.3. The van der Waals surface area contributed by atoms with Gasteiger partial charge >= 0.3 is 0 Å². The molecule has 0 fully saturated rings. The van der Waals surface area contributed by atoms with Gasteiger partial charge in [0, 0.05) is 23.7 Å². The van der Waals surface area contributed by atoms with E-state index >= 15 is 0 Å². The van der Waals surface area contributed by atoms with Crippen LogP contribution in [0.25, 0.3) is 11.3 Å². The summed E-state index contributed by atoms with van der Waals surface area (Å²) in [4.78, 5) is 4.07. The maximum absolute atomic E-state index is 6.33. The molecule has 0 saturated carbocycles. The third kappa shape index (κ3) is 3.83. The van der Waals surface area contributed by atoms with Gasteiger partial charge in [-0.3, -0.25) is 4.98 Å². The smallest absolute Gasteiger partial charge is 0.0682 e. The molecule has 2 heterocycles. The normalized spacial score (nSPS) is 17.2. The third-order valence-electron chi connectivity index (χ3n) is 3.86. The molecule has 2 nitrogen and oxygen atoms in total. The number of halogens is 1. The van der Waals surface area contributed by atoms with E-state index in [9.17, 15) is 0 Å². The first-order chi connectivity index (χ1) is 11.2. The van der Waals surface area contributed by atoms with E-state index in [1.54, 1.807) is 12.4 Å². The maximum Gasteiger partial charge on any atom is 0.0682 e. The fraction of sp³-hybridized carbons (Fsp3) is 0.250. The zero-order chi connectivity index (χ0) is 16.8. The van der Waals surface area contributed by atoms with Gasteiger partial charge in [-0.05, 0) is 29.5 Å². The molecule has 1 aromatic carbocycles. The SMILES string of the molecule is C=C1NC(c2ccncc2Cl)=C(c2ccccc2)CC1C.CC. The number of nitrogens with zero attached hydrogens (tertiary/aromatic N) is 1. The lowest BCUT2D eigenvalue weighted by atomic mass is 9.87. The first-order valence-electron chi connectivity index (χ1n) is 8.01. The number of nitrogens with one attached hydrogen (secondary N) is 1. The Hall–Kier alpha value is -2.06. The van der Waals surface area contributed by atoms with Crippen LogP contribution in [0.3, 0.4) is 0 Å². The minimum Gasteiger partial charge on any atom is -0.358 e. The molecule has 1 N–H and O–H groups in total. The molecule has 0 spiro atoms. The van der Waals surface area contributed by atoms with Gasteiger partial charge in [0.25, 0.3) is 0 Å². The molecule has 3 heteroatoms. The fourth-order valence-corrected chi connectivity index (χ4v) is 2.81. The van der Waals surface area contributed by atoms with Crippen LogP contribution in [0.2, 0.25) is 5.02 Å². The molecule has 1 aromatic heterocycles. The van der Waals surface area contributed by atoms with Crippen LogP contribution in [0.4, 0.5) is 0 Å². The predicted molar refractivity (Wildman–Crippen MR) is 99.9 cm³/mol. The number of hydrogen-bond acceptors (Lipinski definition) is 2. The molecular weight excluding hydrogens is 304 g/mol. The fourth-order valence-electron chi connectivity index (χ4n) is 2.60. The van der Waals surface area contributed by atoms with Gasteiger partial charge in [-0.25, -0.2) is 0 Å². The van der Waals surface area contributed by atoms with E-state index < -0.39 is 0 Å². The quantitative estimate of drug-likeness (QED) is 0.757. The Morgan fingerprint density at radius 3 is 2.52 bits per heavy atom. The van der Waals surface area contributed by atoms with Gasteiger partial charge < -0.3 is 5.32 Å². The Morgan fingerprint density at radius 2 is 1.87 bits per heavy atom. The molecule has 23 heavy (non-hydrogen) atoms. The lowest BCUT2D eigenvalue weighted by Crippen LogP contribution is -2.24. The molecule has 0 saturated heterocycles. The molecular formula is C20H23ClN2. The second-order valence-electron chi connectivity index (χ2n) is 5.33. The van der Waals surface area contributed by atoms with Gasteiger partial charge in [0.1, 0.15) is 0 Å². The van der Waals surface area contributed by atoms with Crippen LogP contribution >= 0.6 is 11.6 Å². The Labute approximate surface area is 143 Å². The lowest BCUT2D eigenvalue weighted by molar-refractivity contribution is 0.652. The average molecular weight is 327 g/mol. The van der Waals surface area contributed by atoms with Crippen LogP contribution in [0.15, 0.2) is 61.1 Å². The highest BCUT2D eigenvalue weighted by Crippen LogP contribution is 2.38. The molecule has 1 aliphatic rings. The Morgan fingerprint density at radius 1 is 1.17 bits per heavy atom. The van der Waals surface area contributed by atoms with E-state index in [-0.39, 0.29) is 0 Å². The van der Waals surface area contributed by atoms with Crippen LogP contribution in [-0.2, 0) is 0 Å². The van der Waals surface area contributed by atoms with Crippen molar-refractivity contribution in [2.45, 2.75) is 27.2 Å². The van der Waals surface area contributed by atoms with E-state index in [1.807, 2.05) is 26.0 Å². The lowest BCUT2D eigenvalue weighted by Gasteiger charge is -2.29. The molecule has 0 bridgehead atoms. The van der Waals surface area contributed by atoms with Gasteiger partial charge in [0.15, 0.2) is 0 Å². The number of rotatable bonds is 2. The number of pyridine rings is 1. The minimum absolute atomic E-state index is 0.393. The standard InChI is InChI=1S/C18H17ClN2.C2H6/c1-12-10-16(14-6-4-3-5-7-14)18(21-13(12)2)15-8-9-20-11-17(15)19;1-2/h3-9,11-12,21H,2,10H2,1H3;1-2H3. The Balaban J connectivity index is 0.000000924. The molecule has 1 aliphatic heterocycles. The van der Waals surface area contributed by atoms with Crippen LogP contribution in [-0.4, -0.2) is 4.98 Å². The van der Waals surface area contributed by atoms with E-state index in [0.717, 1.165) is 23.4 Å². The molecule has 3 rings (SSSR count). The van der Waals surface area contributed by atoms with Crippen molar-refractivity contribution in [2.24, 2.45) is 5.92 Å². The topological polar surface area (TPSA) is 24.9 Å². The Bertz CT molecular complexity index is 705. The minimum atomic E-state index is 0.393. The summed E-state index contributed by atoms with van der Waals surface area (Å²) in [7, 11) is 0. The highest BCUT2D eigenvalue weighted by Gasteiger charge is 2.23. The highest BCUT2D eigenvalue weighted by molar-refractivity contribution is 6.32. The Kier molecular flexibility index (Phi) is 6.00. The van der Waals surface area contributed by atoms with Gasteiger partial charge in [0.2, 0.25) is 0 Å². The van der Waals surface area contributed by atoms with Crippen LogP contribution in [0.5, 0.6) is 0 Å². The summed E-state index contributed by atoms with van der Waals surface area (Å²) >= 11 is 6.33. The van der Waals surface area contributed by atoms with Crippen molar-refractivity contribution in [1.29, 1.82) is 0 Å². The number of aromatic nitrogens is 1. The first-order valence-corrected chi connectivity index (χ1v) is 8.39. The molecule has 0 aliphatic carbocycles. The molecule has 1 unspecified atom stereocenters. The molecule has 1 atom stereocenters. The average Bonchev–Trinajstić information content (AvgIpc) is 2.60. The van der Waals surface area contributed by atoms with Crippen LogP contribution < -0.4 is 5.32 Å². The zero-order valence-electron chi connectivity index (χ0n) is 13.9. The van der Waals surface area contributed by atoms with E-state index in [0.29, 0.717) is 10.9 Å². The van der Waals surface area contributed by atoms with Crippen LogP contribution in [0, 0.1) is 5.92 Å². The maximum atomic E-state index is 6.33. The molecule has 2 aromatic rings. The van der Waals surface area contributed by atoms with Crippen molar-refractivity contribution in [1.82, 2.24) is 10.3 Å². The van der Waals surface area contributed by atoms with E-state index in [2.05, 4.69) is 48.1 Å². The van der Waals surface area contributed by atoms with Crippen molar-refractivity contribution in [2.75, 3.05) is 0 Å². The summed E-state index contributed by atoms with van der Waals surface area (Å²) in [5.41, 5.74) is 5.52. The van der Waals surface area contributed by atoms with E-state index in [4.69, 9.17) is 11.6 Å². The second kappa shape index (κ2) is 7.98. The summed E-state index contributed by atoms with van der Waals surface area (Å²) in [5.74, 6) is 0.393. The van der Waals surface area contributed by atoms with Crippen molar-refractivity contribution in [3.8, 4) is 0 Å². The summed E-state index contributed by atoms with van der Waals surface area (Å²) in [6.45, 7) is 10.3. The van der Waals surface area contributed by atoms with Crippen molar-refractivity contribution < 1.29 is 0 Å². The number of allylic oxidation sites excluding steroid dienone is 2. The number of benzene rings is 1. The molecule has 120 valence electrons. The molecule has 0 amide bonds. The van der Waals surface area contributed by atoms with Gasteiger partial charge in [-0.15, -0.1) is 0 Å². The van der Waals surface area contributed by atoms with Crippen molar-refractivity contribution >= 4 is 22.9 Å². The largest absolute Gasteiger partial charge is 0.358 e. The summed E-state index contributed by atoms with van der Waals surface area (Å²) in [6.07, 6.45) is 4.39. The monoisotopic (exact) mass is 326 g/mol. The van der Waals surface area contributed by atoms with E-state index in [1.165, 1.54) is 11.1 Å². The second-order valence-corrected chi connectivity index (χ2v) is 5.74. The third-order valence-corrected chi connectivity index (χ3v) is 4.16. The summed E-state index contributed by atoms with van der Waals surface area (Å²) in [6, 6.07) is 12.4. The summed E-state index contributed by atoms with van der Waals surface area (Å²) in [5, 5.41) is 4.09. The molecule has 0 radical (unpaired) electrons. The van der Waals surface area contributed by atoms with Crippen molar-refractivity contribution in [3.05, 3.63) is 77.2 Å². The van der Waals surface area contributed by atoms with Crippen molar-refractivity contribution in [3.63, 3.8) is 0 Å². The zero-order valence-corrected chi connectivity index (χ0v) is 14.7. The highest BCUT2D eigenvalue weighted by atomic mass is 35.5. The summed E-state index contributed by atoms with van der Waals surface area (Å²) < 4.78 is 0. The predicted octanol–water partition coefficient (Wildman–Crippen LogP) is 5.77. The number of hydrogen-bond donors (Lipinski definition) is 1. The van der Waals surface area contributed by atoms with Gasteiger partial charge in [-0.1, -0.05) is 69.3 Å². The van der Waals surface area contributed by atoms with Gasteiger partial charge in [0.05, 0.1) is 10.7 Å². The van der Waals surface area contributed by atoms with Gasteiger partial charge in [-0.2, -0.15) is 0 Å². The van der Waals surface area contributed by atoms with Crippen LogP contribution in [0.1, 0.15) is 38.3 Å².